The van der Waals surface area contributed by atoms with E-state index in [4.69, 9.17) is 9.26 Å². The molecule has 21 heavy (non-hydrogen) atoms. The average Bonchev–Trinajstić information content (AvgIpc) is 2.97. The summed E-state index contributed by atoms with van der Waals surface area (Å²) in [5, 5.41) is 7.40. The molecule has 0 aliphatic carbocycles. The number of benzene rings is 1. The van der Waals surface area contributed by atoms with Gasteiger partial charge >= 0.3 is 0 Å². The number of nitrogens with zero attached hydrogens (tertiary/aromatic N) is 3. The standard InChI is InChI=1S/C15H20N4O2/c1-2-20-13-5-3-4-12(10-13)15-17-14(21-18-15)11-19-8-6-16-7-9-19/h3-5,10,16H,2,6-9,11H2,1H3. The molecule has 0 bridgehead atoms. The van der Waals surface area contributed by atoms with Crippen LogP contribution in [-0.4, -0.2) is 47.8 Å². The van der Waals surface area contributed by atoms with E-state index in [9.17, 15) is 0 Å². The highest BCUT2D eigenvalue weighted by atomic mass is 16.5. The maximum absolute atomic E-state index is 5.49. The molecular weight excluding hydrogens is 268 g/mol. The zero-order valence-electron chi connectivity index (χ0n) is 12.2. The summed E-state index contributed by atoms with van der Waals surface area (Å²) in [7, 11) is 0. The van der Waals surface area contributed by atoms with Gasteiger partial charge in [0, 0.05) is 31.7 Å². The first kappa shape index (κ1) is 14.0. The minimum Gasteiger partial charge on any atom is -0.494 e. The molecule has 0 spiro atoms. The maximum atomic E-state index is 5.49. The van der Waals surface area contributed by atoms with Gasteiger partial charge in [0.1, 0.15) is 5.75 Å². The molecule has 0 saturated carbocycles. The lowest BCUT2D eigenvalue weighted by molar-refractivity contribution is 0.203. The van der Waals surface area contributed by atoms with Crippen LogP contribution in [0.25, 0.3) is 11.4 Å². The van der Waals surface area contributed by atoms with Gasteiger partial charge in [-0.3, -0.25) is 4.90 Å². The summed E-state index contributed by atoms with van der Waals surface area (Å²) in [6.45, 7) is 7.36. The Morgan fingerprint density at radius 2 is 2.19 bits per heavy atom. The lowest BCUT2D eigenvalue weighted by atomic mass is 10.2. The number of hydrogen-bond acceptors (Lipinski definition) is 6. The Kier molecular flexibility index (Phi) is 4.47. The van der Waals surface area contributed by atoms with E-state index < -0.39 is 0 Å². The van der Waals surface area contributed by atoms with Gasteiger partial charge in [0.25, 0.3) is 0 Å². The predicted octanol–water partition coefficient (Wildman–Crippen LogP) is 1.54. The second-order valence-corrected chi connectivity index (χ2v) is 5.00. The monoisotopic (exact) mass is 288 g/mol. The van der Waals surface area contributed by atoms with E-state index in [1.54, 1.807) is 0 Å². The van der Waals surface area contributed by atoms with Gasteiger partial charge in [-0.2, -0.15) is 4.98 Å². The third-order valence-electron chi connectivity index (χ3n) is 3.44. The fourth-order valence-electron chi connectivity index (χ4n) is 2.39. The average molecular weight is 288 g/mol. The second-order valence-electron chi connectivity index (χ2n) is 5.00. The molecule has 112 valence electrons. The zero-order valence-corrected chi connectivity index (χ0v) is 12.2. The van der Waals surface area contributed by atoms with E-state index in [0.29, 0.717) is 24.9 Å². The largest absolute Gasteiger partial charge is 0.494 e. The summed E-state index contributed by atoms with van der Waals surface area (Å²) in [6.07, 6.45) is 0. The van der Waals surface area contributed by atoms with Gasteiger partial charge in [0.05, 0.1) is 13.2 Å². The van der Waals surface area contributed by atoms with Gasteiger partial charge < -0.3 is 14.6 Å². The molecule has 6 nitrogen and oxygen atoms in total. The van der Waals surface area contributed by atoms with Crippen molar-refractivity contribution in [3.05, 3.63) is 30.2 Å². The van der Waals surface area contributed by atoms with E-state index in [1.807, 2.05) is 31.2 Å². The van der Waals surface area contributed by atoms with Crippen LogP contribution in [0.4, 0.5) is 0 Å². The van der Waals surface area contributed by atoms with Crippen LogP contribution in [0.2, 0.25) is 0 Å². The lowest BCUT2D eigenvalue weighted by Crippen LogP contribution is -2.42. The van der Waals surface area contributed by atoms with Crippen molar-refractivity contribution in [2.75, 3.05) is 32.8 Å². The van der Waals surface area contributed by atoms with Gasteiger partial charge in [0.15, 0.2) is 0 Å². The van der Waals surface area contributed by atoms with E-state index in [0.717, 1.165) is 37.5 Å². The molecule has 0 amide bonds. The van der Waals surface area contributed by atoms with Gasteiger partial charge in [-0.15, -0.1) is 0 Å². The van der Waals surface area contributed by atoms with Crippen LogP contribution in [0.1, 0.15) is 12.8 Å². The Balaban J connectivity index is 1.70. The summed E-state index contributed by atoms with van der Waals surface area (Å²) < 4.78 is 10.9. The van der Waals surface area contributed by atoms with Gasteiger partial charge in [-0.05, 0) is 19.1 Å². The predicted molar refractivity (Wildman–Crippen MR) is 79.0 cm³/mol. The van der Waals surface area contributed by atoms with Crippen molar-refractivity contribution in [1.29, 1.82) is 0 Å². The van der Waals surface area contributed by atoms with E-state index in [1.165, 1.54) is 0 Å². The first-order valence-corrected chi connectivity index (χ1v) is 7.34. The Morgan fingerprint density at radius 1 is 1.33 bits per heavy atom. The SMILES string of the molecule is CCOc1cccc(-c2noc(CN3CCNCC3)n2)c1. The highest BCUT2D eigenvalue weighted by molar-refractivity contribution is 5.56. The first-order valence-electron chi connectivity index (χ1n) is 7.34. The number of rotatable bonds is 5. The van der Waals surface area contributed by atoms with E-state index >= 15 is 0 Å². The van der Waals surface area contributed by atoms with Crippen LogP contribution in [0.5, 0.6) is 5.75 Å². The van der Waals surface area contributed by atoms with Gasteiger partial charge in [0.2, 0.25) is 11.7 Å². The number of ether oxygens (including phenoxy) is 1. The summed E-state index contributed by atoms with van der Waals surface area (Å²) in [4.78, 5) is 6.79. The molecule has 1 saturated heterocycles. The number of nitrogens with one attached hydrogen (secondary N) is 1. The van der Waals surface area contributed by atoms with Gasteiger partial charge in [-0.25, -0.2) is 0 Å². The molecule has 1 N–H and O–H groups in total. The van der Waals surface area contributed by atoms with Crippen LogP contribution < -0.4 is 10.1 Å². The normalized spacial score (nSPS) is 16.0. The highest BCUT2D eigenvalue weighted by Crippen LogP contribution is 2.21. The van der Waals surface area contributed by atoms with Crippen molar-refractivity contribution in [3.63, 3.8) is 0 Å². The second kappa shape index (κ2) is 6.69. The highest BCUT2D eigenvalue weighted by Gasteiger charge is 2.15. The molecule has 3 rings (SSSR count). The van der Waals surface area contributed by atoms with E-state index in [2.05, 4.69) is 20.4 Å². The van der Waals surface area contributed by atoms with Crippen molar-refractivity contribution in [2.45, 2.75) is 13.5 Å². The molecular formula is C15H20N4O2. The quantitative estimate of drug-likeness (QED) is 0.900. The van der Waals surface area contributed by atoms with Crippen LogP contribution in [-0.2, 0) is 6.54 Å². The molecule has 1 aromatic heterocycles. The third-order valence-corrected chi connectivity index (χ3v) is 3.44. The molecule has 2 aromatic rings. The van der Waals surface area contributed by atoms with Crippen LogP contribution in [0.3, 0.4) is 0 Å². The minimum atomic E-state index is 0.613. The summed E-state index contributed by atoms with van der Waals surface area (Å²) in [6, 6.07) is 7.76. The molecule has 2 heterocycles. The van der Waals surface area contributed by atoms with E-state index in [-0.39, 0.29) is 0 Å². The van der Waals surface area contributed by atoms with Crippen molar-refractivity contribution in [1.82, 2.24) is 20.4 Å². The first-order chi connectivity index (χ1) is 10.3. The van der Waals surface area contributed by atoms with Crippen LogP contribution in [0.15, 0.2) is 28.8 Å². The Bertz CT molecular complexity index is 579. The van der Waals surface area contributed by atoms with Crippen molar-refractivity contribution >= 4 is 0 Å². The smallest absolute Gasteiger partial charge is 0.241 e. The molecule has 1 aliphatic rings. The fourth-order valence-corrected chi connectivity index (χ4v) is 2.39. The number of hydrogen-bond donors (Lipinski definition) is 1. The van der Waals surface area contributed by atoms with Crippen LogP contribution in [0, 0.1) is 0 Å². The van der Waals surface area contributed by atoms with Crippen molar-refractivity contribution in [2.24, 2.45) is 0 Å². The molecule has 0 unspecified atom stereocenters. The topological polar surface area (TPSA) is 63.4 Å². The third kappa shape index (κ3) is 3.59. The van der Waals surface area contributed by atoms with Crippen molar-refractivity contribution < 1.29 is 9.26 Å². The summed E-state index contributed by atoms with van der Waals surface area (Å²) >= 11 is 0. The molecule has 1 aromatic carbocycles. The lowest BCUT2D eigenvalue weighted by Gasteiger charge is -2.25. The molecule has 0 radical (unpaired) electrons. The Hall–Kier alpha value is -1.92. The summed E-state index contributed by atoms with van der Waals surface area (Å²) in [5.41, 5.74) is 0.913. The fraction of sp³-hybridized carbons (Fsp3) is 0.467. The van der Waals surface area contributed by atoms with Crippen molar-refractivity contribution in [3.8, 4) is 17.1 Å². The molecule has 1 fully saturated rings. The number of aromatic nitrogens is 2. The van der Waals surface area contributed by atoms with Gasteiger partial charge in [-0.1, -0.05) is 17.3 Å². The molecule has 1 aliphatic heterocycles. The minimum absolute atomic E-state index is 0.613. The Morgan fingerprint density at radius 3 is 3.00 bits per heavy atom. The van der Waals surface area contributed by atoms with Crippen LogP contribution >= 0.6 is 0 Å². The Labute approximate surface area is 124 Å². The number of piperazine rings is 1. The molecule has 0 atom stereocenters. The maximum Gasteiger partial charge on any atom is 0.241 e. The summed E-state index contributed by atoms with van der Waals surface area (Å²) in [5.74, 6) is 2.10. The zero-order chi connectivity index (χ0) is 14.5. The molecule has 6 heteroatoms.